The van der Waals surface area contributed by atoms with E-state index in [1.165, 1.54) is 11.1 Å². The summed E-state index contributed by atoms with van der Waals surface area (Å²) in [5.41, 5.74) is 11.5. The van der Waals surface area contributed by atoms with Gasteiger partial charge in [0.05, 0.1) is 0 Å². The minimum Gasteiger partial charge on any atom is -0.398 e. The van der Waals surface area contributed by atoms with Crippen molar-refractivity contribution in [1.82, 2.24) is 0 Å². The molecule has 92 valence electrons. The average molecular weight is 237 g/mol. The van der Waals surface area contributed by atoms with Crippen LogP contribution in [0.15, 0.2) is 49.0 Å². The quantitative estimate of drug-likeness (QED) is 0.769. The molecule has 2 rings (SSSR count). The topological polar surface area (TPSA) is 26.0 Å². The second-order valence-electron chi connectivity index (χ2n) is 4.79. The Labute approximate surface area is 109 Å². The predicted molar refractivity (Wildman–Crippen MR) is 80.5 cm³/mol. The molecular weight excluding hydrogens is 218 g/mol. The van der Waals surface area contributed by atoms with Gasteiger partial charge < -0.3 is 5.73 Å². The monoisotopic (exact) mass is 237 g/mol. The smallest absolute Gasteiger partial charge is 0.0393 e. The van der Waals surface area contributed by atoms with Crippen LogP contribution in [0.1, 0.15) is 30.9 Å². The van der Waals surface area contributed by atoms with Crippen molar-refractivity contribution in [2.24, 2.45) is 0 Å². The van der Waals surface area contributed by atoms with Crippen molar-refractivity contribution in [1.29, 1.82) is 0 Å². The van der Waals surface area contributed by atoms with Crippen LogP contribution >= 0.6 is 0 Å². The number of hydrogen-bond donors (Lipinski definition) is 1. The molecule has 0 bridgehead atoms. The first kappa shape index (κ1) is 12.4. The van der Waals surface area contributed by atoms with Crippen LogP contribution in [0, 0.1) is 0 Å². The van der Waals surface area contributed by atoms with Crippen LogP contribution in [0.5, 0.6) is 0 Å². The molecule has 1 nitrogen and oxygen atoms in total. The lowest BCUT2D eigenvalue weighted by molar-refractivity contribution is 0.867. The van der Waals surface area contributed by atoms with E-state index in [9.17, 15) is 0 Å². The van der Waals surface area contributed by atoms with Crippen LogP contribution in [0.4, 0.5) is 5.69 Å². The molecule has 2 aromatic rings. The minimum absolute atomic E-state index is 0.526. The van der Waals surface area contributed by atoms with Gasteiger partial charge in [0, 0.05) is 11.3 Å². The summed E-state index contributed by atoms with van der Waals surface area (Å²) in [7, 11) is 0. The zero-order valence-electron chi connectivity index (χ0n) is 11.0. The van der Waals surface area contributed by atoms with Gasteiger partial charge in [0.1, 0.15) is 0 Å². The van der Waals surface area contributed by atoms with E-state index in [0.29, 0.717) is 5.92 Å². The Hall–Kier alpha value is -2.02. The molecule has 0 aliphatic rings. The van der Waals surface area contributed by atoms with Gasteiger partial charge in [-0.25, -0.2) is 0 Å². The van der Waals surface area contributed by atoms with Gasteiger partial charge in [-0.05, 0) is 28.7 Å². The van der Waals surface area contributed by atoms with Gasteiger partial charge in [-0.1, -0.05) is 62.9 Å². The first-order valence-corrected chi connectivity index (χ1v) is 6.24. The average Bonchev–Trinajstić information content (AvgIpc) is 2.38. The van der Waals surface area contributed by atoms with Crippen molar-refractivity contribution in [2.45, 2.75) is 19.8 Å². The van der Waals surface area contributed by atoms with Crippen LogP contribution in [0.25, 0.3) is 17.2 Å². The lowest BCUT2D eigenvalue weighted by Crippen LogP contribution is -1.93. The molecule has 2 N–H and O–H groups in total. The molecule has 0 unspecified atom stereocenters. The van der Waals surface area contributed by atoms with Crippen LogP contribution in [-0.4, -0.2) is 0 Å². The Balaban J connectivity index is 2.58. The molecule has 18 heavy (non-hydrogen) atoms. The molecule has 0 saturated carbocycles. The van der Waals surface area contributed by atoms with E-state index in [2.05, 4.69) is 50.8 Å². The molecule has 0 aliphatic carbocycles. The van der Waals surface area contributed by atoms with Crippen LogP contribution in [0.2, 0.25) is 0 Å². The molecule has 0 aliphatic heterocycles. The van der Waals surface area contributed by atoms with Crippen molar-refractivity contribution >= 4 is 11.8 Å². The molecule has 0 aromatic heterocycles. The van der Waals surface area contributed by atoms with Gasteiger partial charge in [-0.3, -0.25) is 0 Å². The van der Waals surface area contributed by atoms with E-state index in [1.54, 1.807) is 0 Å². The lowest BCUT2D eigenvalue weighted by atomic mass is 9.94. The highest BCUT2D eigenvalue weighted by molar-refractivity contribution is 5.81. The Bertz CT molecular complexity index is 568. The summed E-state index contributed by atoms with van der Waals surface area (Å²) in [5, 5.41) is 0. The van der Waals surface area contributed by atoms with Crippen molar-refractivity contribution in [2.75, 3.05) is 5.73 Å². The van der Waals surface area contributed by atoms with Gasteiger partial charge in [-0.15, -0.1) is 0 Å². The second kappa shape index (κ2) is 5.09. The normalized spacial score (nSPS) is 10.6. The van der Waals surface area contributed by atoms with E-state index >= 15 is 0 Å². The van der Waals surface area contributed by atoms with Gasteiger partial charge in [-0.2, -0.15) is 0 Å². The first-order chi connectivity index (χ1) is 8.63. The number of hydrogen-bond acceptors (Lipinski definition) is 1. The van der Waals surface area contributed by atoms with E-state index < -0.39 is 0 Å². The molecule has 0 amide bonds. The van der Waals surface area contributed by atoms with Gasteiger partial charge in [0.25, 0.3) is 0 Å². The first-order valence-electron chi connectivity index (χ1n) is 6.24. The molecule has 0 heterocycles. The number of nitrogens with two attached hydrogens (primary N) is 1. The number of benzene rings is 2. The molecule has 2 aromatic carbocycles. The molecule has 0 saturated heterocycles. The van der Waals surface area contributed by atoms with E-state index in [0.717, 1.165) is 16.8 Å². The zero-order chi connectivity index (χ0) is 13.1. The Morgan fingerprint density at radius 1 is 1.11 bits per heavy atom. The molecule has 1 heteroatoms. The molecule has 0 radical (unpaired) electrons. The molecular formula is C17H19N. The summed E-state index contributed by atoms with van der Waals surface area (Å²) in [4.78, 5) is 0. The standard InChI is InChI=1S/C17H19N/c1-4-15-16(9-6-10-17(15)18)14-8-5-7-13(11-14)12(2)3/h4-12H,1,18H2,2-3H3. The fourth-order valence-corrected chi connectivity index (χ4v) is 2.13. The lowest BCUT2D eigenvalue weighted by Gasteiger charge is -2.12. The Kier molecular flexibility index (Phi) is 3.52. The van der Waals surface area contributed by atoms with Crippen LogP contribution in [0.3, 0.4) is 0 Å². The maximum absolute atomic E-state index is 6.00. The second-order valence-corrected chi connectivity index (χ2v) is 4.79. The van der Waals surface area contributed by atoms with Crippen molar-refractivity contribution < 1.29 is 0 Å². The maximum atomic E-state index is 6.00. The third kappa shape index (κ3) is 2.30. The van der Waals surface area contributed by atoms with E-state index in [4.69, 9.17) is 5.73 Å². The summed E-state index contributed by atoms with van der Waals surface area (Å²) in [6.07, 6.45) is 1.83. The number of anilines is 1. The summed E-state index contributed by atoms with van der Waals surface area (Å²) < 4.78 is 0. The van der Waals surface area contributed by atoms with Crippen LogP contribution in [-0.2, 0) is 0 Å². The Morgan fingerprint density at radius 2 is 1.83 bits per heavy atom. The maximum Gasteiger partial charge on any atom is 0.0393 e. The fraction of sp³-hybridized carbons (Fsp3) is 0.176. The van der Waals surface area contributed by atoms with Crippen molar-refractivity contribution in [3.05, 3.63) is 60.2 Å². The Morgan fingerprint density at radius 3 is 2.50 bits per heavy atom. The molecule has 0 atom stereocenters. The molecule has 0 fully saturated rings. The fourth-order valence-electron chi connectivity index (χ4n) is 2.13. The number of nitrogen functional groups attached to an aromatic ring is 1. The van der Waals surface area contributed by atoms with Crippen molar-refractivity contribution in [3.63, 3.8) is 0 Å². The van der Waals surface area contributed by atoms with Crippen molar-refractivity contribution in [3.8, 4) is 11.1 Å². The highest BCUT2D eigenvalue weighted by atomic mass is 14.6. The van der Waals surface area contributed by atoms with Crippen LogP contribution < -0.4 is 5.73 Å². The third-order valence-corrected chi connectivity index (χ3v) is 3.21. The summed E-state index contributed by atoms with van der Waals surface area (Å²) >= 11 is 0. The highest BCUT2D eigenvalue weighted by Crippen LogP contribution is 2.30. The third-order valence-electron chi connectivity index (χ3n) is 3.21. The summed E-state index contributed by atoms with van der Waals surface area (Å²) in [5.74, 6) is 0.526. The SMILES string of the molecule is C=Cc1c(N)cccc1-c1cccc(C(C)C)c1. The van der Waals surface area contributed by atoms with Gasteiger partial charge >= 0.3 is 0 Å². The predicted octanol–water partition coefficient (Wildman–Crippen LogP) is 4.70. The molecule has 0 spiro atoms. The van der Waals surface area contributed by atoms with Gasteiger partial charge in [0.15, 0.2) is 0 Å². The van der Waals surface area contributed by atoms with E-state index in [-0.39, 0.29) is 0 Å². The van der Waals surface area contributed by atoms with Gasteiger partial charge in [0.2, 0.25) is 0 Å². The largest absolute Gasteiger partial charge is 0.398 e. The number of rotatable bonds is 3. The summed E-state index contributed by atoms with van der Waals surface area (Å²) in [6.45, 7) is 8.26. The highest BCUT2D eigenvalue weighted by Gasteiger charge is 2.07. The van der Waals surface area contributed by atoms with E-state index in [1.807, 2.05) is 18.2 Å². The summed E-state index contributed by atoms with van der Waals surface area (Å²) in [6, 6.07) is 14.6. The zero-order valence-corrected chi connectivity index (χ0v) is 11.0. The minimum atomic E-state index is 0.526.